The highest BCUT2D eigenvalue weighted by Gasteiger charge is 2.16. The lowest BCUT2D eigenvalue weighted by atomic mass is 10.1. The number of aryl methyl sites for hydroxylation is 1. The first-order chi connectivity index (χ1) is 18.3. The number of hydrogen-bond acceptors (Lipinski definition) is 6. The first kappa shape index (κ1) is 26.1. The Kier molecular flexibility index (Phi) is 8.14. The van der Waals surface area contributed by atoms with Crippen LogP contribution in [0.4, 0.5) is 0 Å². The molecule has 0 saturated heterocycles. The predicted octanol–water partition coefficient (Wildman–Crippen LogP) is 5.29. The summed E-state index contributed by atoms with van der Waals surface area (Å²) in [5, 5.41) is 8.87. The van der Waals surface area contributed by atoms with Crippen LogP contribution in [-0.2, 0) is 6.54 Å². The van der Waals surface area contributed by atoms with Gasteiger partial charge in [0.1, 0.15) is 23.9 Å². The van der Waals surface area contributed by atoms with Gasteiger partial charge in [-0.3, -0.25) is 0 Å². The molecule has 0 amide bonds. The first-order valence-electron chi connectivity index (χ1n) is 12.1. The van der Waals surface area contributed by atoms with Gasteiger partial charge in [-0.1, -0.05) is 17.7 Å². The van der Waals surface area contributed by atoms with Crippen LogP contribution < -0.4 is 18.8 Å². The summed E-state index contributed by atoms with van der Waals surface area (Å²) in [5.74, 6) is 0.477. The van der Waals surface area contributed by atoms with Gasteiger partial charge in [0.15, 0.2) is 18.9 Å². The zero-order valence-electron chi connectivity index (χ0n) is 21.4. The highest BCUT2D eigenvalue weighted by molar-refractivity contribution is 5.92. The Hall–Kier alpha value is -4.96. The van der Waals surface area contributed by atoms with Crippen molar-refractivity contribution in [2.24, 2.45) is 0 Å². The Bertz CT molecular complexity index is 1490. The van der Waals surface area contributed by atoms with E-state index >= 15 is 0 Å². The van der Waals surface area contributed by atoms with E-state index in [1.54, 1.807) is 60.7 Å². The van der Waals surface area contributed by atoms with Crippen molar-refractivity contribution in [1.29, 1.82) is 5.26 Å². The molecule has 0 unspecified atom stereocenters. The predicted molar refractivity (Wildman–Crippen MR) is 140 cm³/mol. The molecule has 0 fully saturated rings. The van der Waals surface area contributed by atoms with Gasteiger partial charge in [-0.05, 0) is 80.4 Å². The molecule has 1 aromatic heterocycles. The standard InChI is InChI=1S/C31H27N2O5/c1-21-4-6-25(7-5-21)30(34)37-28-12-13-29(23(3)22(28)2)38-31(35)26-8-10-27(11-9-26)36-19-18-33-16-14-24(20-32)15-17-33/h4-17H,18-19H2,1-3H3/q+1. The maximum absolute atomic E-state index is 12.7. The van der Waals surface area contributed by atoms with E-state index in [-0.39, 0.29) is 0 Å². The first-order valence-corrected chi connectivity index (χ1v) is 12.1. The van der Waals surface area contributed by atoms with Crippen LogP contribution in [0.3, 0.4) is 0 Å². The van der Waals surface area contributed by atoms with Gasteiger partial charge in [0.2, 0.25) is 0 Å². The number of ether oxygens (including phenoxy) is 3. The third-order valence-corrected chi connectivity index (χ3v) is 6.11. The molecule has 0 radical (unpaired) electrons. The van der Waals surface area contributed by atoms with Crippen molar-refractivity contribution < 1.29 is 28.4 Å². The van der Waals surface area contributed by atoms with E-state index in [1.807, 2.05) is 49.9 Å². The topological polar surface area (TPSA) is 89.5 Å². The summed E-state index contributed by atoms with van der Waals surface area (Å²) < 4.78 is 18.9. The largest absolute Gasteiger partial charge is 0.487 e. The van der Waals surface area contributed by atoms with Crippen LogP contribution in [0.2, 0.25) is 0 Å². The van der Waals surface area contributed by atoms with E-state index in [1.165, 1.54) is 0 Å². The number of carbonyl (C=O) groups is 2. The number of nitrogens with zero attached hydrogens (tertiary/aromatic N) is 2. The van der Waals surface area contributed by atoms with E-state index in [0.717, 1.165) is 5.56 Å². The van der Waals surface area contributed by atoms with E-state index in [0.29, 0.717) is 58.2 Å². The summed E-state index contributed by atoms with van der Waals surface area (Å²) in [6, 6.07) is 22.7. The van der Waals surface area contributed by atoms with Gasteiger partial charge in [-0.25, -0.2) is 14.2 Å². The minimum Gasteiger partial charge on any atom is -0.487 e. The molecule has 1 heterocycles. The van der Waals surface area contributed by atoms with Crippen LogP contribution in [0.25, 0.3) is 0 Å². The number of hydrogen-bond donors (Lipinski definition) is 0. The van der Waals surface area contributed by atoms with Crippen molar-refractivity contribution in [3.8, 4) is 23.3 Å². The fourth-order valence-corrected chi connectivity index (χ4v) is 3.64. The molecule has 38 heavy (non-hydrogen) atoms. The molecule has 7 heteroatoms. The molecule has 3 aromatic carbocycles. The number of carbonyl (C=O) groups excluding carboxylic acids is 2. The second-order valence-corrected chi connectivity index (χ2v) is 8.77. The number of esters is 2. The van der Waals surface area contributed by atoms with Gasteiger partial charge >= 0.3 is 11.9 Å². The summed E-state index contributed by atoms with van der Waals surface area (Å²) in [6.07, 6.45) is 3.65. The zero-order valence-corrected chi connectivity index (χ0v) is 21.4. The molecule has 0 bridgehead atoms. The minimum atomic E-state index is -0.503. The number of benzene rings is 3. The lowest BCUT2D eigenvalue weighted by Crippen LogP contribution is -2.35. The summed E-state index contributed by atoms with van der Waals surface area (Å²) in [6.45, 7) is 6.62. The van der Waals surface area contributed by atoms with Crippen LogP contribution >= 0.6 is 0 Å². The average Bonchev–Trinajstić information content (AvgIpc) is 2.94. The van der Waals surface area contributed by atoms with E-state index in [4.69, 9.17) is 19.5 Å². The highest BCUT2D eigenvalue weighted by atomic mass is 16.5. The molecule has 4 rings (SSSR count). The van der Waals surface area contributed by atoms with Gasteiger partial charge in [0, 0.05) is 12.1 Å². The smallest absolute Gasteiger partial charge is 0.343 e. The molecule has 0 aliphatic rings. The summed E-state index contributed by atoms with van der Waals surface area (Å²) in [4.78, 5) is 25.2. The van der Waals surface area contributed by atoms with E-state index < -0.39 is 11.9 Å². The molecule has 7 nitrogen and oxygen atoms in total. The highest BCUT2D eigenvalue weighted by Crippen LogP contribution is 2.30. The van der Waals surface area contributed by atoms with Gasteiger partial charge < -0.3 is 14.2 Å². The van der Waals surface area contributed by atoms with Crippen LogP contribution in [0.15, 0.2) is 85.2 Å². The van der Waals surface area contributed by atoms with Gasteiger partial charge in [0.25, 0.3) is 0 Å². The van der Waals surface area contributed by atoms with Gasteiger partial charge in [0.05, 0.1) is 22.8 Å². The third-order valence-electron chi connectivity index (χ3n) is 6.11. The summed E-state index contributed by atoms with van der Waals surface area (Å²) in [5.41, 5.74) is 3.91. The molecule has 4 aromatic rings. The maximum Gasteiger partial charge on any atom is 0.343 e. The fraction of sp³-hybridized carbons (Fsp3) is 0.161. The van der Waals surface area contributed by atoms with Crippen LogP contribution in [0, 0.1) is 32.1 Å². The van der Waals surface area contributed by atoms with Gasteiger partial charge in [-0.2, -0.15) is 5.26 Å². The molecule has 0 aliphatic carbocycles. The Morgan fingerprint density at radius 1 is 0.737 bits per heavy atom. The second-order valence-electron chi connectivity index (χ2n) is 8.77. The Balaban J connectivity index is 1.33. The van der Waals surface area contributed by atoms with Gasteiger partial charge in [-0.15, -0.1) is 0 Å². The molecule has 190 valence electrons. The molecule has 0 aliphatic heterocycles. The van der Waals surface area contributed by atoms with Crippen molar-refractivity contribution in [3.63, 3.8) is 0 Å². The monoisotopic (exact) mass is 507 g/mol. The van der Waals surface area contributed by atoms with Crippen LogP contribution in [0.1, 0.15) is 43.0 Å². The quantitative estimate of drug-likeness (QED) is 0.183. The number of aromatic nitrogens is 1. The van der Waals surface area contributed by atoms with Crippen molar-refractivity contribution in [2.75, 3.05) is 6.61 Å². The normalized spacial score (nSPS) is 10.4. The average molecular weight is 508 g/mol. The third kappa shape index (κ3) is 6.42. The van der Waals surface area contributed by atoms with Crippen molar-refractivity contribution in [2.45, 2.75) is 27.3 Å². The number of pyridine rings is 1. The van der Waals surface area contributed by atoms with Crippen LogP contribution in [0.5, 0.6) is 17.2 Å². The molecule has 0 saturated carbocycles. The summed E-state index contributed by atoms with van der Waals surface area (Å²) in [7, 11) is 0. The van der Waals surface area contributed by atoms with E-state index in [9.17, 15) is 9.59 Å². The minimum absolute atomic E-state index is 0.380. The molecule has 0 atom stereocenters. The molecular formula is C31H27N2O5+. The van der Waals surface area contributed by atoms with Crippen LogP contribution in [-0.4, -0.2) is 18.5 Å². The molecular weight excluding hydrogens is 480 g/mol. The lowest BCUT2D eigenvalue weighted by Gasteiger charge is -2.14. The molecule has 0 spiro atoms. The number of rotatable bonds is 8. The second kappa shape index (κ2) is 11.8. The lowest BCUT2D eigenvalue weighted by molar-refractivity contribution is -0.697. The van der Waals surface area contributed by atoms with Crippen molar-refractivity contribution in [1.82, 2.24) is 0 Å². The van der Waals surface area contributed by atoms with E-state index in [2.05, 4.69) is 6.07 Å². The Morgan fingerprint density at radius 3 is 1.74 bits per heavy atom. The molecule has 0 N–H and O–H groups in total. The fourth-order valence-electron chi connectivity index (χ4n) is 3.64. The van der Waals surface area contributed by atoms with Crippen molar-refractivity contribution >= 4 is 11.9 Å². The Labute approximate surface area is 221 Å². The SMILES string of the molecule is Cc1ccc(C(=O)Oc2ccc(OC(=O)c3ccc(OCC[n+]4ccc(C#N)cc4)cc3)c(C)c2C)cc1. The number of nitriles is 1. The Morgan fingerprint density at radius 2 is 1.24 bits per heavy atom. The summed E-state index contributed by atoms with van der Waals surface area (Å²) >= 11 is 0. The van der Waals surface area contributed by atoms with Crippen molar-refractivity contribution in [3.05, 3.63) is 119 Å². The zero-order chi connectivity index (χ0) is 27.1. The maximum atomic E-state index is 12.7.